The Morgan fingerprint density at radius 3 is 2.92 bits per heavy atom. The van der Waals surface area contributed by atoms with Gasteiger partial charge in [0, 0.05) is 29.1 Å². The predicted molar refractivity (Wildman–Crippen MR) is 86.7 cm³/mol. The van der Waals surface area contributed by atoms with Crippen LogP contribution in [0.1, 0.15) is 11.6 Å². The van der Waals surface area contributed by atoms with Crippen LogP contribution in [0.25, 0.3) is 10.9 Å². The molecular weight excluding hydrogens is 313 g/mol. The summed E-state index contributed by atoms with van der Waals surface area (Å²) in [5, 5.41) is 14.8. The lowest BCUT2D eigenvalue weighted by Crippen LogP contribution is -2.12. The monoisotopic (exact) mass is 325 g/mol. The van der Waals surface area contributed by atoms with Gasteiger partial charge in [0.2, 0.25) is 0 Å². The zero-order chi connectivity index (χ0) is 16.7. The van der Waals surface area contributed by atoms with E-state index in [-0.39, 0.29) is 17.5 Å². The van der Waals surface area contributed by atoms with Crippen LogP contribution in [0.5, 0.6) is 5.75 Å². The van der Waals surface area contributed by atoms with Crippen molar-refractivity contribution < 1.29 is 14.1 Å². The maximum Gasteiger partial charge on any atom is 0.270 e. The molecule has 0 saturated heterocycles. The first-order valence-electron chi connectivity index (χ1n) is 7.34. The lowest BCUT2D eigenvalue weighted by Gasteiger charge is -2.13. The summed E-state index contributed by atoms with van der Waals surface area (Å²) < 4.78 is 18.7. The Morgan fingerprint density at radius 1 is 1.21 bits per heavy atom. The van der Waals surface area contributed by atoms with Crippen LogP contribution in [0.3, 0.4) is 0 Å². The first-order chi connectivity index (χ1) is 11.6. The van der Waals surface area contributed by atoms with Crippen molar-refractivity contribution in [3.8, 4) is 5.75 Å². The second-order valence-corrected chi connectivity index (χ2v) is 5.52. The summed E-state index contributed by atoms with van der Waals surface area (Å²) in [7, 11) is 0. The Morgan fingerprint density at radius 2 is 2.08 bits per heavy atom. The molecule has 2 aromatic carbocycles. The molecule has 1 unspecified atom stereocenters. The van der Waals surface area contributed by atoms with Crippen molar-refractivity contribution in [1.82, 2.24) is 4.98 Å². The minimum Gasteiger partial charge on any atom is -0.491 e. The number of aromatic nitrogens is 1. The molecule has 1 atom stereocenters. The summed E-state index contributed by atoms with van der Waals surface area (Å²) >= 11 is 0. The first kappa shape index (κ1) is 14.4. The topological polar surface area (TPSA) is 77.3 Å². The Balaban J connectivity index is 1.62. The second-order valence-electron chi connectivity index (χ2n) is 5.52. The Kier molecular flexibility index (Phi) is 3.26. The number of nitrogens with zero attached hydrogens (tertiary/aromatic N) is 2. The molecule has 2 heterocycles. The Bertz CT molecular complexity index is 961. The molecule has 1 aliphatic rings. The van der Waals surface area contributed by atoms with Gasteiger partial charge in [-0.1, -0.05) is 6.07 Å². The molecule has 0 aliphatic carbocycles. The van der Waals surface area contributed by atoms with Gasteiger partial charge in [-0.15, -0.1) is 0 Å². The number of nitrogens with one attached hydrogen (secondary N) is 1. The Hall–Kier alpha value is -3.22. The zero-order valence-corrected chi connectivity index (χ0v) is 12.4. The van der Waals surface area contributed by atoms with E-state index in [0.717, 1.165) is 5.56 Å². The number of halogens is 1. The molecule has 1 aromatic heterocycles. The second kappa shape index (κ2) is 5.45. The van der Waals surface area contributed by atoms with Crippen LogP contribution in [0.15, 0.2) is 48.5 Å². The largest absolute Gasteiger partial charge is 0.491 e. The van der Waals surface area contributed by atoms with Gasteiger partial charge in [-0.05, 0) is 24.3 Å². The third-order valence-corrected chi connectivity index (χ3v) is 3.96. The van der Waals surface area contributed by atoms with Gasteiger partial charge in [0.1, 0.15) is 24.0 Å². The molecule has 120 valence electrons. The summed E-state index contributed by atoms with van der Waals surface area (Å²) in [4.78, 5) is 14.8. The van der Waals surface area contributed by atoms with Crippen LogP contribution in [0.4, 0.5) is 15.9 Å². The van der Waals surface area contributed by atoms with Gasteiger partial charge >= 0.3 is 0 Å². The molecule has 0 spiro atoms. The van der Waals surface area contributed by atoms with Gasteiger partial charge in [-0.3, -0.25) is 10.1 Å². The molecule has 24 heavy (non-hydrogen) atoms. The van der Waals surface area contributed by atoms with E-state index in [1.807, 2.05) is 0 Å². The van der Waals surface area contributed by atoms with Crippen LogP contribution in [0.2, 0.25) is 0 Å². The normalized spacial score (nSPS) is 15.8. The highest BCUT2D eigenvalue weighted by Gasteiger charge is 2.24. The first-order valence-corrected chi connectivity index (χ1v) is 7.34. The van der Waals surface area contributed by atoms with E-state index in [1.165, 1.54) is 24.3 Å². The van der Waals surface area contributed by atoms with E-state index in [1.54, 1.807) is 24.3 Å². The zero-order valence-electron chi connectivity index (χ0n) is 12.4. The van der Waals surface area contributed by atoms with Crippen molar-refractivity contribution >= 4 is 22.4 Å². The number of benzene rings is 2. The average Bonchev–Trinajstić information content (AvgIpc) is 2.96. The van der Waals surface area contributed by atoms with E-state index >= 15 is 0 Å². The fraction of sp³-hybridized carbons (Fsp3) is 0.118. The van der Waals surface area contributed by atoms with Crippen LogP contribution in [0, 0.1) is 15.9 Å². The van der Waals surface area contributed by atoms with Crippen LogP contribution in [-0.2, 0) is 0 Å². The van der Waals surface area contributed by atoms with E-state index in [0.29, 0.717) is 29.1 Å². The highest BCUT2D eigenvalue weighted by Crippen LogP contribution is 2.35. The van der Waals surface area contributed by atoms with Crippen molar-refractivity contribution in [3.63, 3.8) is 0 Å². The quantitative estimate of drug-likeness (QED) is 0.585. The Labute approximate surface area is 136 Å². The van der Waals surface area contributed by atoms with Crippen LogP contribution < -0.4 is 10.1 Å². The number of rotatable bonds is 3. The van der Waals surface area contributed by atoms with Crippen molar-refractivity contribution in [1.29, 1.82) is 0 Å². The van der Waals surface area contributed by atoms with Crippen molar-refractivity contribution in [2.24, 2.45) is 0 Å². The highest BCUT2D eigenvalue weighted by atomic mass is 19.1. The highest BCUT2D eigenvalue weighted by molar-refractivity contribution is 5.82. The minimum atomic E-state index is -0.433. The number of ether oxygens (including phenoxy) is 1. The fourth-order valence-electron chi connectivity index (χ4n) is 2.79. The molecule has 0 radical (unpaired) electrons. The lowest BCUT2D eigenvalue weighted by molar-refractivity contribution is -0.384. The minimum absolute atomic E-state index is 0.0326. The van der Waals surface area contributed by atoms with E-state index in [9.17, 15) is 14.5 Å². The van der Waals surface area contributed by atoms with Gasteiger partial charge in [0.25, 0.3) is 5.69 Å². The summed E-state index contributed by atoms with van der Waals surface area (Å²) in [6.45, 7) is 0.388. The lowest BCUT2D eigenvalue weighted by atomic mass is 10.1. The maximum atomic E-state index is 13.2. The molecule has 3 aromatic rings. The third kappa shape index (κ3) is 2.50. The van der Waals surface area contributed by atoms with Gasteiger partial charge in [0.05, 0.1) is 16.5 Å². The molecular formula is C17H12FN3O3. The molecule has 0 amide bonds. The molecule has 1 N–H and O–H groups in total. The van der Waals surface area contributed by atoms with Gasteiger partial charge in [-0.2, -0.15) is 0 Å². The van der Waals surface area contributed by atoms with E-state index in [4.69, 9.17) is 4.74 Å². The number of fused-ring (bicyclic) bond motifs is 2. The standard InChI is InChI=1S/C17H12FN3O3/c18-11-2-4-13-15(9-24-16(13)8-11)20-17-6-1-10-7-12(21(22)23)3-5-14(10)19-17/h1-8,15H,9H2,(H,19,20). The molecule has 4 rings (SSSR count). The van der Waals surface area contributed by atoms with Gasteiger partial charge in [0.15, 0.2) is 0 Å². The maximum absolute atomic E-state index is 13.2. The number of pyridine rings is 1. The van der Waals surface area contributed by atoms with Crippen LogP contribution in [-0.4, -0.2) is 16.5 Å². The molecule has 1 aliphatic heterocycles. The average molecular weight is 325 g/mol. The summed E-state index contributed by atoms with van der Waals surface area (Å²) in [5.41, 5.74) is 1.57. The summed E-state index contributed by atoms with van der Waals surface area (Å²) in [6.07, 6.45) is 0. The number of non-ortho nitro benzene ring substituents is 1. The number of nitro groups is 1. The fourth-order valence-corrected chi connectivity index (χ4v) is 2.79. The SMILES string of the molecule is O=[N+]([O-])c1ccc2nc(NC3COc4cc(F)ccc43)ccc2c1. The van der Waals surface area contributed by atoms with Gasteiger partial charge < -0.3 is 10.1 Å². The van der Waals surface area contributed by atoms with E-state index in [2.05, 4.69) is 10.3 Å². The van der Waals surface area contributed by atoms with Crippen molar-refractivity contribution in [3.05, 3.63) is 70.0 Å². The van der Waals surface area contributed by atoms with Crippen molar-refractivity contribution in [2.75, 3.05) is 11.9 Å². The van der Waals surface area contributed by atoms with Gasteiger partial charge in [-0.25, -0.2) is 9.37 Å². The third-order valence-electron chi connectivity index (χ3n) is 3.96. The molecule has 0 bridgehead atoms. The predicted octanol–water partition coefficient (Wildman–Crippen LogP) is 3.83. The smallest absolute Gasteiger partial charge is 0.270 e. The number of anilines is 1. The summed E-state index contributed by atoms with van der Waals surface area (Å²) in [6, 6.07) is 12.4. The van der Waals surface area contributed by atoms with E-state index < -0.39 is 4.92 Å². The molecule has 0 fully saturated rings. The molecule has 0 saturated carbocycles. The summed E-state index contributed by atoms with van der Waals surface area (Å²) in [5.74, 6) is 0.825. The number of hydrogen-bond acceptors (Lipinski definition) is 5. The van der Waals surface area contributed by atoms with Crippen LogP contribution >= 0.6 is 0 Å². The number of hydrogen-bond donors (Lipinski definition) is 1. The number of nitro benzene ring substituents is 1. The molecule has 6 nitrogen and oxygen atoms in total. The molecule has 7 heteroatoms. The van der Waals surface area contributed by atoms with Crippen molar-refractivity contribution in [2.45, 2.75) is 6.04 Å².